The van der Waals surface area contributed by atoms with Crippen molar-refractivity contribution in [3.05, 3.63) is 41.2 Å². The van der Waals surface area contributed by atoms with E-state index in [1.165, 1.54) is 6.07 Å². The molecule has 3 rings (SSSR count). The Balaban J connectivity index is 2.00. The zero-order chi connectivity index (χ0) is 19.8. The molecule has 1 aromatic heterocycles. The van der Waals surface area contributed by atoms with E-state index in [-0.39, 0.29) is 24.3 Å². The Labute approximate surface area is 156 Å². The van der Waals surface area contributed by atoms with Gasteiger partial charge in [0.15, 0.2) is 17.3 Å². The zero-order valence-corrected chi connectivity index (χ0v) is 15.6. The maximum absolute atomic E-state index is 13.7. The van der Waals surface area contributed by atoms with E-state index in [1.807, 2.05) is 20.8 Å². The number of imidazole rings is 1. The standard InChI is InChI=1S/C19H23F2N3O3/c1-19(2,3)15(9-25)22-18(26)16-14-10-27-7-6-24(14)17(23-16)11-4-5-12(20)13(21)8-11/h4-5,8,15,25H,6-7,9-10H2,1-3H3,(H,22,26)/t15-/m1/s1. The number of rotatable bonds is 4. The van der Waals surface area contributed by atoms with Gasteiger partial charge in [-0.15, -0.1) is 0 Å². The normalized spacial score (nSPS) is 15.3. The molecule has 2 aromatic rings. The van der Waals surface area contributed by atoms with Crippen LogP contribution in [0.5, 0.6) is 0 Å². The summed E-state index contributed by atoms with van der Waals surface area (Å²) in [6, 6.07) is 3.07. The first-order valence-corrected chi connectivity index (χ1v) is 8.76. The largest absolute Gasteiger partial charge is 0.394 e. The van der Waals surface area contributed by atoms with Crippen molar-refractivity contribution >= 4 is 5.91 Å². The lowest BCUT2D eigenvalue weighted by Gasteiger charge is -2.29. The summed E-state index contributed by atoms with van der Waals surface area (Å²) in [5.41, 5.74) is 0.774. The van der Waals surface area contributed by atoms with Crippen molar-refractivity contribution in [2.75, 3.05) is 13.2 Å². The van der Waals surface area contributed by atoms with Gasteiger partial charge in [0.05, 0.1) is 31.6 Å². The first-order chi connectivity index (χ1) is 12.7. The summed E-state index contributed by atoms with van der Waals surface area (Å²) in [5, 5.41) is 12.4. The number of hydrogen-bond donors (Lipinski definition) is 2. The number of aliphatic hydroxyl groups is 1. The molecule has 8 heteroatoms. The molecule has 146 valence electrons. The number of nitrogens with zero attached hydrogens (tertiary/aromatic N) is 2. The number of carbonyl (C=O) groups is 1. The van der Waals surface area contributed by atoms with E-state index < -0.39 is 23.6 Å². The van der Waals surface area contributed by atoms with Gasteiger partial charge in [0.2, 0.25) is 0 Å². The number of ether oxygens (including phenoxy) is 1. The van der Waals surface area contributed by atoms with Crippen LogP contribution in [-0.4, -0.2) is 39.8 Å². The highest BCUT2D eigenvalue weighted by molar-refractivity contribution is 5.94. The van der Waals surface area contributed by atoms with Gasteiger partial charge in [0, 0.05) is 12.1 Å². The molecule has 2 N–H and O–H groups in total. The second-order valence-electron chi connectivity index (χ2n) is 7.64. The molecule has 0 radical (unpaired) electrons. The number of benzene rings is 1. The SMILES string of the molecule is CC(C)(C)[C@@H](CO)NC(=O)c1nc(-c2ccc(F)c(F)c2)n2c1COCC2. The molecule has 2 heterocycles. The predicted molar refractivity (Wildman–Crippen MR) is 95.0 cm³/mol. The molecular formula is C19H23F2N3O3. The number of amides is 1. The van der Waals surface area contributed by atoms with Crippen LogP contribution >= 0.6 is 0 Å². The topological polar surface area (TPSA) is 76.4 Å². The predicted octanol–water partition coefficient (Wildman–Crippen LogP) is 2.50. The first-order valence-electron chi connectivity index (χ1n) is 8.76. The van der Waals surface area contributed by atoms with E-state index in [9.17, 15) is 18.7 Å². The fourth-order valence-corrected chi connectivity index (χ4v) is 3.00. The fraction of sp³-hybridized carbons (Fsp3) is 0.474. The third-order valence-corrected chi connectivity index (χ3v) is 4.70. The van der Waals surface area contributed by atoms with Crippen LogP contribution in [0.15, 0.2) is 18.2 Å². The van der Waals surface area contributed by atoms with Gasteiger partial charge in [-0.3, -0.25) is 4.79 Å². The molecule has 1 aromatic carbocycles. The summed E-state index contributed by atoms with van der Waals surface area (Å²) in [6.07, 6.45) is 0. The van der Waals surface area contributed by atoms with Crippen LogP contribution in [0.2, 0.25) is 0 Å². The number of aromatic nitrogens is 2. The zero-order valence-electron chi connectivity index (χ0n) is 15.6. The van der Waals surface area contributed by atoms with E-state index in [2.05, 4.69) is 10.3 Å². The van der Waals surface area contributed by atoms with Gasteiger partial charge in [0.25, 0.3) is 5.91 Å². The Morgan fingerprint density at radius 2 is 2.11 bits per heavy atom. The average molecular weight is 379 g/mol. The van der Waals surface area contributed by atoms with Crippen LogP contribution < -0.4 is 5.32 Å². The van der Waals surface area contributed by atoms with E-state index in [0.29, 0.717) is 30.2 Å². The van der Waals surface area contributed by atoms with E-state index >= 15 is 0 Å². The summed E-state index contributed by atoms with van der Waals surface area (Å²) < 4.78 is 34.2. The van der Waals surface area contributed by atoms with Gasteiger partial charge in [-0.2, -0.15) is 0 Å². The van der Waals surface area contributed by atoms with Crippen molar-refractivity contribution in [3.8, 4) is 11.4 Å². The summed E-state index contributed by atoms with van der Waals surface area (Å²) in [5.74, 6) is -1.97. The summed E-state index contributed by atoms with van der Waals surface area (Å²) in [7, 11) is 0. The van der Waals surface area contributed by atoms with Crippen molar-refractivity contribution < 1.29 is 23.4 Å². The average Bonchev–Trinajstić information content (AvgIpc) is 3.00. The lowest BCUT2D eigenvalue weighted by atomic mass is 9.87. The molecule has 0 spiro atoms. The van der Waals surface area contributed by atoms with Crippen LogP contribution in [0.1, 0.15) is 37.0 Å². The van der Waals surface area contributed by atoms with Gasteiger partial charge in [-0.05, 0) is 23.6 Å². The molecule has 0 aliphatic carbocycles. The van der Waals surface area contributed by atoms with Crippen LogP contribution in [0.3, 0.4) is 0 Å². The minimum absolute atomic E-state index is 0.164. The molecule has 1 atom stereocenters. The third kappa shape index (κ3) is 3.86. The molecule has 0 unspecified atom stereocenters. The summed E-state index contributed by atoms with van der Waals surface area (Å²) >= 11 is 0. The number of halogens is 2. The van der Waals surface area contributed by atoms with Gasteiger partial charge in [-0.1, -0.05) is 20.8 Å². The first kappa shape index (κ1) is 19.4. The molecule has 1 amide bonds. The van der Waals surface area contributed by atoms with E-state index in [0.717, 1.165) is 12.1 Å². The number of hydrogen-bond acceptors (Lipinski definition) is 4. The highest BCUT2D eigenvalue weighted by Gasteiger charge is 2.30. The van der Waals surface area contributed by atoms with Crippen molar-refractivity contribution in [1.29, 1.82) is 0 Å². The van der Waals surface area contributed by atoms with Crippen molar-refractivity contribution in [1.82, 2.24) is 14.9 Å². The number of fused-ring (bicyclic) bond motifs is 1. The quantitative estimate of drug-likeness (QED) is 0.856. The minimum atomic E-state index is -0.976. The molecule has 27 heavy (non-hydrogen) atoms. The number of nitrogens with one attached hydrogen (secondary N) is 1. The Bertz CT molecular complexity index is 859. The molecule has 1 aliphatic heterocycles. The third-order valence-electron chi connectivity index (χ3n) is 4.70. The maximum atomic E-state index is 13.7. The van der Waals surface area contributed by atoms with Crippen molar-refractivity contribution in [2.24, 2.45) is 5.41 Å². The van der Waals surface area contributed by atoms with E-state index in [1.54, 1.807) is 4.57 Å². The number of aliphatic hydroxyl groups excluding tert-OH is 1. The summed E-state index contributed by atoms with van der Waals surface area (Å²) in [4.78, 5) is 17.2. The fourth-order valence-electron chi connectivity index (χ4n) is 3.00. The van der Waals surface area contributed by atoms with E-state index in [4.69, 9.17) is 4.74 Å². The number of carbonyl (C=O) groups excluding carboxylic acids is 1. The molecule has 0 fully saturated rings. The second-order valence-corrected chi connectivity index (χ2v) is 7.64. The lowest BCUT2D eigenvalue weighted by molar-refractivity contribution is 0.0778. The van der Waals surface area contributed by atoms with Gasteiger partial charge in [0.1, 0.15) is 5.82 Å². The van der Waals surface area contributed by atoms with Crippen LogP contribution in [0.4, 0.5) is 8.78 Å². The Morgan fingerprint density at radius 1 is 1.37 bits per heavy atom. The maximum Gasteiger partial charge on any atom is 0.272 e. The van der Waals surface area contributed by atoms with Gasteiger partial charge < -0.3 is 19.7 Å². The van der Waals surface area contributed by atoms with Crippen molar-refractivity contribution in [2.45, 2.75) is 40.0 Å². The van der Waals surface area contributed by atoms with Crippen LogP contribution in [0, 0.1) is 17.0 Å². The molecule has 0 saturated carbocycles. The Kier molecular flexibility index (Phi) is 5.30. The highest BCUT2D eigenvalue weighted by Crippen LogP contribution is 2.27. The minimum Gasteiger partial charge on any atom is -0.394 e. The monoisotopic (exact) mass is 379 g/mol. The molecule has 0 bridgehead atoms. The highest BCUT2D eigenvalue weighted by atomic mass is 19.2. The molecule has 1 aliphatic rings. The van der Waals surface area contributed by atoms with Gasteiger partial charge in [-0.25, -0.2) is 13.8 Å². The smallest absolute Gasteiger partial charge is 0.272 e. The lowest BCUT2D eigenvalue weighted by Crippen LogP contribution is -2.46. The van der Waals surface area contributed by atoms with Gasteiger partial charge >= 0.3 is 0 Å². The molecule has 6 nitrogen and oxygen atoms in total. The van der Waals surface area contributed by atoms with Crippen molar-refractivity contribution in [3.63, 3.8) is 0 Å². The Hall–Kier alpha value is -2.32. The molecule has 0 saturated heterocycles. The van der Waals surface area contributed by atoms with Crippen LogP contribution in [0.25, 0.3) is 11.4 Å². The second kappa shape index (κ2) is 7.36. The van der Waals surface area contributed by atoms with Crippen LogP contribution in [-0.2, 0) is 17.9 Å². The summed E-state index contributed by atoms with van der Waals surface area (Å²) in [6.45, 7) is 6.59. The Morgan fingerprint density at radius 3 is 2.74 bits per heavy atom. The molecular weight excluding hydrogens is 356 g/mol.